The van der Waals surface area contributed by atoms with Crippen molar-refractivity contribution in [3.8, 4) is 0 Å². The number of carbonyl (C=O) groups is 1. The third-order valence-electron chi connectivity index (χ3n) is 2.52. The highest BCUT2D eigenvalue weighted by atomic mass is 16.2. The van der Waals surface area contributed by atoms with E-state index in [1.54, 1.807) is 6.08 Å². The summed E-state index contributed by atoms with van der Waals surface area (Å²) in [5.41, 5.74) is 5.51. The van der Waals surface area contributed by atoms with Gasteiger partial charge in [0.05, 0.1) is 0 Å². The van der Waals surface area contributed by atoms with Gasteiger partial charge in [0.1, 0.15) is 0 Å². The topological polar surface area (TPSA) is 46.3 Å². The maximum Gasteiger partial charge on any atom is 0.223 e. The summed E-state index contributed by atoms with van der Waals surface area (Å²) in [6.45, 7) is 11.1. The molecule has 88 valence electrons. The van der Waals surface area contributed by atoms with Crippen LogP contribution in [0.5, 0.6) is 0 Å². The van der Waals surface area contributed by atoms with E-state index >= 15 is 0 Å². The van der Waals surface area contributed by atoms with Crippen LogP contribution in [0.2, 0.25) is 0 Å². The Labute approximate surface area is 93.3 Å². The molecule has 0 saturated carbocycles. The second-order valence-corrected chi connectivity index (χ2v) is 4.31. The van der Waals surface area contributed by atoms with Gasteiger partial charge in [-0.15, -0.1) is 6.58 Å². The second-order valence-electron chi connectivity index (χ2n) is 4.31. The number of hydrogen-bond acceptors (Lipinski definition) is 2. The molecule has 0 aliphatic rings. The molecule has 1 unspecified atom stereocenters. The van der Waals surface area contributed by atoms with Crippen LogP contribution in [0, 0.1) is 5.92 Å². The number of amides is 1. The van der Waals surface area contributed by atoms with Crippen LogP contribution in [0.1, 0.15) is 33.6 Å². The van der Waals surface area contributed by atoms with Crippen LogP contribution >= 0.6 is 0 Å². The molecule has 3 heteroatoms. The van der Waals surface area contributed by atoms with Gasteiger partial charge < -0.3 is 10.6 Å². The minimum absolute atomic E-state index is 0.199. The van der Waals surface area contributed by atoms with E-state index in [2.05, 4.69) is 13.5 Å². The highest BCUT2D eigenvalue weighted by Gasteiger charge is 2.15. The molecule has 0 aromatic rings. The van der Waals surface area contributed by atoms with Crippen molar-refractivity contribution in [3.05, 3.63) is 12.7 Å². The fourth-order valence-corrected chi connectivity index (χ4v) is 1.37. The lowest BCUT2D eigenvalue weighted by Crippen LogP contribution is -2.37. The van der Waals surface area contributed by atoms with Crippen molar-refractivity contribution < 1.29 is 4.79 Å². The number of carbonyl (C=O) groups excluding carboxylic acids is 1. The van der Waals surface area contributed by atoms with Crippen molar-refractivity contribution >= 4 is 5.91 Å². The minimum atomic E-state index is 0.199. The van der Waals surface area contributed by atoms with Crippen molar-refractivity contribution in [2.24, 2.45) is 11.7 Å². The zero-order chi connectivity index (χ0) is 11.8. The summed E-state index contributed by atoms with van der Waals surface area (Å²) in [7, 11) is 0. The lowest BCUT2D eigenvalue weighted by atomic mass is 10.1. The molecule has 0 aromatic carbocycles. The zero-order valence-electron chi connectivity index (χ0n) is 10.2. The molecule has 0 radical (unpaired) electrons. The Bertz CT molecular complexity index is 202. The van der Waals surface area contributed by atoms with E-state index in [0.717, 1.165) is 6.42 Å². The van der Waals surface area contributed by atoms with Gasteiger partial charge >= 0.3 is 0 Å². The van der Waals surface area contributed by atoms with E-state index in [9.17, 15) is 4.79 Å². The number of nitrogens with zero attached hydrogens (tertiary/aromatic N) is 1. The molecule has 0 heterocycles. The smallest absolute Gasteiger partial charge is 0.223 e. The second kappa shape index (κ2) is 7.46. The van der Waals surface area contributed by atoms with E-state index in [4.69, 9.17) is 5.73 Å². The maximum absolute atomic E-state index is 11.8. The Kier molecular flexibility index (Phi) is 7.05. The number of nitrogens with two attached hydrogens (primary N) is 1. The van der Waals surface area contributed by atoms with Crippen LogP contribution in [-0.4, -0.2) is 29.9 Å². The summed E-state index contributed by atoms with van der Waals surface area (Å²) in [6, 6.07) is 0.240. The Morgan fingerprint density at radius 3 is 2.47 bits per heavy atom. The standard InChI is InChI=1S/C12H24N2O/c1-5-8-14(10(2)3)12(15)7-6-11(4)9-13/h5,10-11H,1,6-9,13H2,2-4H3. The Balaban J connectivity index is 4.08. The molecular formula is C12H24N2O. The van der Waals surface area contributed by atoms with Gasteiger partial charge in [-0.05, 0) is 32.7 Å². The molecule has 0 aliphatic heterocycles. The molecule has 3 nitrogen and oxygen atoms in total. The highest BCUT2D eigenvalue weighted by molar-refractivity contribution is 5.76. The lowest BCUT2D eigenvalue weighted by Gasteiger charge is -2.25. The van der Waals surface area contributed by atoms with Crippen LogP contribution in [0.3, 0.4) is 0 Å². The molecule has 1 atom stereocenters. The first kappa shape index (κ1) is 14.2. The number of rotatable bonds is 7. The van der Waals surface area contributed by atoms with Crippen LogP contribution in [0.4, 0.5) is 0 Å². The first-order chi connectivity index (χ1) is 7.02. The van der Waals surface area contributed by atoms with E-state index < -0.39 is 0 Å². The van der Waals surface area contributed by atoms with Crippen molar-refractivity contribution in [2.45, 2.75) is 39.7 Å². The summed E-state index contributed by atoms with van der Waals surface area (Å²) < 4.78 is 0. The van der Waals surface area contributed by atoms with Gasteiger partial charge in [-0.2, -0.15) is 0 Å². The van der Waals surface area contributed by atoms with Crippen LogP contribution in [0.25, 0.3) is 0 Å². The molecule has 2 N–H and O–H groups in total. The largest absolute Gasteiger partial charge is 0.337 e. The molecule has 15 heavy (non-hydrogen) atoms. The van der Waals surface area contributed by atoms with Crippen LogP contribution in [-0.2, 0) is 4.79 Å². The Hall–Kier alpha value is -0.830. The monoisotopic (exact) mass is 212 g/mol. The quantitative estimate of drug-likeness (QED) is 0.654. The van der Waals surface area contributed by atoms with Crippen LogP contribution in [0.15, 0.2) is 12.7 Å². The third kappa shape index (κ3) is 5.57. The molecule has 0 bridgehead atoms. The summed E-state index contributed by atoms with van der Waals surface area (Å²) in [5, 5.41) is 0. The summed E-state index contributed by atoms with van der Waals surface area (Å²) in [6.07, 6.45) is 3.23. The summed E-state index contributed by atoms with van der Waals surface area (Å²) >= 11 is 0. The van der Waals surface area contributed by atoms with Crippen molar-refractivity contribution in [1.82, 2.24) is 4.90 Å². The SMILES string of the molecule is C=CCN(C(=O)CCC(C)CN)C(C)C. The molecule has 0 fully saturated rings. The Morgan fingerprint density at radius 1 is 1.47 bits per heavy atom. The summed E-state index contributed by atoms with van der Waals surface area (Å²) in [4.78, 5) is 13.7. The van der Waals surface area contributed by atoms with Gasteiger partial charge in [0, 0.05) is 19.0 Å². The summed E-state index contributed by atoms with van der Waals surface area (Å²) in [5.74, 6) is 0.622. The molecular weight excluding hydrogens is 188 g/mol. The fraction of sp³-hybridized carbons (Fsp3) is 0.750. The first-order valence-electron chi connectivity index (χ1n) is 5.63. The predicted molar refractivity (Wildman–Crippen MR) is 64.5 cm³/mol. The van der Waals surface area contributed by atoms with Gasteiger partial charge in [0.2, 0.25) is 5.91 Å². The molecule has 0 rings (SSSR count). The Morgan fingerprint density at radius 2 is 2.07 bits per heavy atom. The lowest BCUT2D eigenvalue weighted by molar-refractivity contribution is -0.132. The molecule has 0 aromatic heterocycles. The van der Waals surface area contributed by atoms with Crippen molar-refractivity contribution in [2.75, 3.05) is 13.1 Å². The zero-order valence-corrected chi connectivity index (χ0v) is 10.2. The minimum Gasteiger partial charge on any atom is -0.337 e. The van der Waals surface area contributed by atoms with Crippen molar-refractivity contribution in [1.29, 1.82) is 0 Å². The normalized spacial score (nSPS) is 12.6. The van der Waals surface area contributed by atoms with E-state index in [1.165, 1.54) is 0 Å². The van der Waals surface area contributed by atoms with E-state index in [0.29, 0.717) is 25.4 Å². The highest BCUT2D eigenvalue weighted by Crippen LogP contribution is 2.08. The van der Waals surface area contributed by atoms with E-state index in [1.807, 2.05) is 18.7 Å². The van der Waals surface area contributed by atoms with Gasteiger partial charge in [-0.25, -0.2) is 0 Å². The average Bonchev–Trinajstić information content (AvgIpc) is 2.21. The van der Waals surface area contributed by atoms with Crippen molar-refractivity contribution in [3.63, 3.8) is 0 Å². The fourth-order valence-electron chi connectivity index (χ4n) is 1.37. The third-order valence-corrected chi connectivity index (χ3v) is 2.52. The average molecular weight is 212 g/mol. The maximum atomic E-state index is 11.8. The van der Waals surface area contributed by atoms with Crippen LogP contribution < -0.4 is 5.73 Å². The van der Waals surface area contributed by atoms with Gasteiger partial charge in [0.25, 0.3) is 0 Å². The number of hydrogen-bond donors (Lipinski definition) is 1. The molecule has 1 amide bonds. The molecule has 0 saturated heterocycles. The van der Waals surface area contributed by atoms with Gasteiger partial charge in [-0.3, -0.25) is 4.79 Å². The predicted octanol–water partition coefficient (Wildman–Crippen LogP) is 1.78. The molecule has 0 spiro atoms. The molecule has 0 aliphatic carbocycles. The first-order valence-corrected chi connectivity index (χ1v) is 5.63. The van der Waals surface area contributed by atoms with Gasteiger partial charge in [-0.1, -0.05) is 13.0 Å². The van der Waals surface area contributed by atoms with E-state index in [-0.39, 0.29) is 11.9 Å². The van der Waals surface area contributed by atoms with Gasteiger partial charge in [0.15, 0.2) is 0 Å².